The first-order valence-corrected chi connectivity index (χ1v) is 6.47. The van der Waals surface area contributed by atoms with Gasteiger partial charge in [0.05, 0.1) is 5.52 Å². The molecular weight excluding hydrogens is 269 g/mol. The zero-order valence-corrected chi connectivity index (χ0v) is 11.1. The molecule has 0 unspecified atom stereocenters. The summed E-state index contributed by atoms with van der Waals surface area (Å²) in [5, 5.41) is 1.02. The van der Waals surface area contributed by atoms with Gasteiger partial charge in [-0.2, -0.15) is 0 Å². The van der Waals surface area contributed by atoms with Gasteiger partial charge < -0.3 is 4.74 Å². The Balaban J connectivity index is 1.87. The molecule has 104 valence electrons. The monoisotopic (exact) mass is 281 g/mol. The number of nitrogens with zero attached hydrogens (tertiary/aromatic N) is 1. The third-order valence-corrected chi connectivity index (χ3v) is 3.14. The average Bonchev–Trinajstić information content (AvgIpc) is 2.52. The van der Waals surface area contributed by atoms with Crippen LogP contribution in [0, 0.1) is 5.82 Å². The highest BCUT2D eigenvalue weighted by Crippen LogP contribution is 2.20. The van der Waals surface area contributed by atoms with Gasteiger partial charge in [-0.05, 0) is 18.2 Å². The summed E-state index contributed by atoms with van der Waals surface area (Å²) in [5.74, 6) is -0.171. The lowest BCUT2D eigenvalue weighted by Crippen LogP contribution is -1.98. The third kappa shape index (κ3) is 2.89. The standard InChI is InChI=1S/C17H12FNO2/c18-15-7-12(10-20)8-16(9-15)21-11-14-4-1-3-13-5-2-6-19-17(13)14/h1-10H,11H2. The molecule has 3 aromatic rings. The van der Waals surface area contributed by atoms with Crippen molar-refractivity contribution in [1.29, 1.82) is 0 Å². The van der Waals surface area contributed by atoms with Crippen molar-refractivity contribution in [2.75, 3.05) is 0 Å². The molecule has 1 heterocycles. The van der Waals surface area contributed by atoms with Crippen LogP contribution in [0.2, 0.25) is 0 Å². The topological polar surface area (TPSA) is 39.2 Å². The molecule has 3 nitrogen and oxygen atoms in total. The van der Waals surface area contributed by atoms with E-state index in [1.54, 1.807) is 6.20 Å². The number of aromatic nitrogens is 1. The molecule has 0 amide bonds. The number of fused-ring (bicyclic) bond motifs is 1. The number of para-hydroxylation sites is 1. The second-order valence-electron chi connectivity index (χ2n) is 4.62. The quantitative estimate of drug-likeness (QED) is 0.683. The van der Waals surface area contributed by atoms with Crippen LogP contribution in [0.4, 0.5) is 4.39 Å². The molecule has 0 saturated heterocycles. The zero-order valence-electron chi connectivity index (χ0n) is 11.1. The van der Waals surface area contributed by atoms with Crippen LogP contribution in [0.3, 0.4) is 0 Å². The fourth-order valence-electron chi connectivity index (χ4n) is 2.18. The molecule has 0 aliphatic heterocycles. The normalized spacial score (nSPS) is 10.5. The molecule has 0 spiro atoms. The van der Waals surface area contributed by atoms with Crippen molar-refractivity contribution in [3.05, 3.63) is 71.7 Å². The van der Waals surface area contributed by atoms with Crippen molar-refractivity contribution >= 4 is 17.2 Å². The highest BCUT2D eigenvalue weighted by atomic mass is 19.1. The van der Waals surface area contributed by atoms with Crippen molar-refractivity contribution in [2.24, 2.45) is 0 Å². The van der Waals surface area contributed by atoms with Crippen molar-refractivity contribution in [1.82, 2.24) is 4.98 Å². The number of aldehydes is 1. The van der Waals surface area contributed by atoms with Gasteiger partial charge in [-0.15, -0.1) is 0 Å². The third-order valence-electron chi connectivity index (χ3n) is 3.14. The first-order valence-electron chi connectivity index (χ1n) is 6.47. The van der Waals surface area contributed by atoms with Gasteiger partial charge in [0.1, 0.15) is 24.5 Å². The summed E-state index contributed by atoms with van der Waals surface area (Å²) in [6, 6.07) is 13.6. The predicted molar refractivity (Wildman–Crippen MR) is 77.9 cm³/mol. The van der Waals surface area contributed by atoms with Gasteiger partial charge in [-0.3, -0.25) is 9.78 Å². The van der Waals surface area contributed by atoms with Gasteiger partial charge in [0.15, 0.2) is 0 Å². The van der Waals surface area contributed by atoms with Crippen LogP contribution in [0.1, 0.15) is 15.9 Å². The van der Waals surface area contributed by atoms with Crippen molar-refractivity contribution in [3.63, 3.8) is 0 Å². The number of carbonyl (C=O) groups excluding carboxylic acids is 1. The average molecular weight is 281 g/mol. The summed E-state index contributed by atoms with van der Waals surface area (Å²) in [4.78, 5) is 15.1. The summed E-state index contributed by atoms with van der Waals surface area (Å²) in [7, 11) is 0. The summed E-state index contributed by atoms with van der Waals surface area (Å²) in [6.07, 6.45) is 2.31. The molecule has 0 saturated carbocycles. The Morgan fingerprint density at radius 3 is 2.86 bits per heavy atom. The molecule has 1 aromatic heterocycles. The van der Waals surface area contributed by atoms with Crippen molar-refractivity contribution in [2.45, 2.75) is 6.61 Å². The number of carbonyl (C=O) groups is 1. The van der Waals surface area contributed by atoms with E-state index in [-0.39, 0.29) is 12.2 Å². The van der Waals surface area contributed by atoms with E-state index >= 15 is 0 Å². The molecule has 21 heavy (non-hydrogen) atoms. The minimum absolute atomic E-state index is 0.251. The van der Waals surface area contributed by atoms with E-state index in [2.05, 4.69) is 4.98 Å². The number of pyridine rings is 1. The van der Waals surface area contributed by atoms with Gasteiger partial charge >= 0.3 is 0 Å². The maximum absolute atomic E-state index is 13.3. The molecule has 4 heteroatoms. The van der Waals surface area contributed by atoms with Crippen molar-refractivity contribution < 1.29 is 13.9 Å². The largest absolute Gasteiger partial charge is 0.489 e. The second kappa shape index (κ2) is 5.71. The number of hydrogen-bond donors (Lipinski definition) is 0. The summed E-state index contributed by atoms with van der Waals surface area (Å²) in [6.45, 7) is 0.260. The Morgan fingerprint density at radius 2 is 2.00 bits per heavy atom. The molecular formula is C17H12FNO2. The Bertz CT molecular complexity index is 796. The number of rotatable bonds is 4. The number of benzene rings is 2. The molecule has 0 aliphatic rings. The molecule has 0 fully saturated rings. The predicted octanol–water partition coefficient (Wildman–Crippen LogP) is 3.77. The van der Waals surface area contributed by atoms with Crippen LogP contribution >= 0.6 is 0 Å². The molecule has 0 atom stereocenters. The van der Waals surface area contributed by atoms with Gasteiger partial charge in [-0.25, -0.2) is 4.39 Å². The highest BCUT2D eigenvalue weighted by molar-refractivity contribution is 5.81. The van der Waals surface area contributed by atoms with Gasteiger partial charge in [-0.1, -0.05) is 24.3 Å². The van der Waals surface area contributed by atoms with Crippen LogP contribution in [0.15, 0.2) is 54.7 Å². The lowest BCUT2D eigenvalue weighted by Gasteiger charge is -2.09. The highest BCUT2D eigenvalue weighted by Gasteiger charge is 2.05. The van der Waals surface area contributed by atoms with E-state index in [1.165, 1.54) is 18.2 Å². The SMILES string of the molecule is O=Cc1cc(F)cc(OCc2cccc3cccnc23)c1. The van der Waals surface area contributed by atoms with Crippen LogP contribution < -0.4 is 4.74 Å². The van der Waals surface area contributed by atoms with E-state index in [4.69, 9.17) is 4.74 Å². The molecule has 0 N–H and O–H groups in total. The fraction of sp³-hybridized carbons (Fsp3) is 0.0588. The van der Waals surface area contributed by atoms with Crippen molar-refractivity contribution in [3.8, 4) is 5.75 Å². The van der Waals surface area contributed by atoms with E-state index < -0.39 is 5.82 Å². The van der Waals surface area contributed by atoms with Gasteiger partial charge in [0.25, 0.3) is 0 Å². The first kappa shape index (κ1) is 13.2. The zero-order chi connectivity index (χ0) is 14.7. The summed E-state index contributed by atoms with van der Waals surface area (Å²) < 4.78 is 18.9. The fourth-order valence-corrected chi connectivity index (χ4v) is 2.18. The Hall–Kier alpha value is -2.75. The maximum Gasteiger partial charge on any atom is 0.150 e. The van der Waals surface area contributed by atoms with Crippen LogP contribution in [-0.4, -0.2) is 11.3 Å². The number of halogens is 1. The van der Waals surface area contributed by atoms with E-state index in [9.17, 15) is 9.18 Å². The smallest absolute Gasteiger partial charge is 0.150 e. The molecule has 0 aliphatic carbocycles. The number of ether oxygens (including phenoxy) is 1. The van der Waals surface area contributed by atoms with E-state index in [0.717, 1.165) is 16.5 Å². The van der Waals surface area contributed by atoms with Crippen LogP contribution in [0.25, 0.3) is 10.9 Å². The second-order valence-corrected chi connectivity index (χ2v) is 4.62. The summed E-state index contributed by atoms with van der Waals surface area (Å²) >= 11 is 0. The van der Waals surface area contributed by atoms with Crippen LogP contribution in [-0.2, 0) is 6.61 Å². The Morgan fingerprint density at radius 1 is 1.14 bits per heavy atom. The van der Waals surface area contributed by atoms with E-state index in [0.29, 0.717) is 12.0 Å². The maximum atomic E-state index is 13.3. The molecule has 0 radical (unpaired) electrons. The number of hydrogen-bond acceptors (Lipinski definition) is 3. The molecule has 2 aromatic carbocycles. The Kier molecular flexibility index (Phi) is 3.60. The Labute approximate surface area is 121 Å². The molecule has 0 bridgehead atoms. The molecule has 3 rings (SSSR count). The van der Waals surface area contributed by atoms with Gasteiger partial charge in [0, 0.05) is 28.8 Å². The van der Waals surface area contributed by atoms with Gasteiger partial charge in [0.2, 0.25) is 0 Å². The minimum atomic E-state index is -0.495. The first-order chi connectivity index (χ1) is 10.3. The summed E-state index contributed by atoms with van der Waals surface area (Å²) in [5.41, 5.74) is 2.01. The van der Waals surface area contributed by atoms with Crippen LogP contribution in [0.5, 0.6) is 5.75 Å². The van der Waals surface area contributed by atoms with E-state index in [1.807, 2.05) is 30.3 Å². The lowest BCUT2D eigenvalue weighted by molar-refractivity contribution is 0.112. The lowest BCUT2D eigenvalue weighted by atomic mass is 10.1. The minimum Gasteiger partial charge on any atom is -0.489 e.